The second-order valence-electron chi connectivity index (χ2n) is 2.88. The lowest BCUT2D eigenvalue weighted by atomic mass is 10.1. The molecular weight excluding hydrogens is 190 g/mol. The van der Waals surface area contributed by atoms with Gasteiger partial charge in [-0.1, -0.05) is 0 Å². The summed E-state index contributed by atoms with van der Waals surface area (Å²) in [7, 11) is 0. The Labute approximate surface area is 78.0 Å². The summed E-state index contributed by atoms with van der Waals surface area (Å²) in [6, 6.07) is 4.02. The highest BCUT2D eigenvalue weighted by Gasteiger charge is 2.13. The van der Waals surface area contributed by atoms with E-state index < -0.39 is 23.1 Å². The van der Waals surface area contributed by atoms with Crippen LogP contribution >= 0.6 is 0 Å². The Morgan fingerprint density at radius 1 is 0.714 bits per heavy atom. The van der Waals surface area contributed by atoms with Crippen molar-refractivity contribution in [1.29, 1.82) is 0 Å². The summed E-state index contributed by atoms with van der Waals surface area (Å²) in [5.41, 5.74) is 0. The largest absolute Gasteiger partial charge is 0.507 e. The van der Waals surface area contributed by atoms with Crippen molar-refractivity contribution in [3.63, 3.8) is 0 Å². The van der Waals surface area contributed by atoms with E-state index in [9.17, 15) is 19.0 Å². The maximum absolute atomic E-state index is 13.2. The first kappa shape index (κ1) is 8.74. The van der Waals surface area contributed by atoms with Crippen LogP contribution in [0.5, 0.6) is 11.5 Å². The summed E-state index contributed by atoms with van der Waals surface area (Å²) in [4.78, 5) is 0. The molecule has 4 heteroatoms. The second-order valence-corrected chi connectivity index (χ2v) is 2.88. The van der Waals surface area contributed by atoms with Crippen LogP contribution in [0.1, 0.15) is 0 Å². The van der Waals surface area contributed by atoms with E-state index in [-0.39, 0.29) is 10.8 Å². The van der Waals surface area contributed by atoms with E-state index in [1.807, 2.05) is 0 Å². The number of halogens is 2. The molecule has 2 aromatic carbocycles. The van der Waals surface area contributed by atoms with Gasteiger partial charge in [0.05, 0.1) is 10.8 Å². The summed E-state index contributed by atoms with van der Waals surface area (Å²) in [5, 5.41) is 18.0. The van der Waals surface area contributed by atoms with Gasteiger partial charge in [-0.3, -0.25) is 0 Å². The lowest BCUT2D eigenvalue weighted by Crippen LogP contribution is -1.85. The summed E-state index contributed by atoms with van der Waals surface area (Å²) in [6.07, 6.45) is 0. The number of aromatic hydroxyl groups is 2. The number of benzene rings is 2. The van der Waals surface area contributed by atoms with Gasteiger partial charge >= 0.3 is 0 Å². The van der Waals surface area contributed by atoms with Gasteiger partial charge in [0.15, 0.2) is 0 Å². The van der Waals surface area contributed by atoms with E-state index >= 15 is 0 Å². The third-order valence-corrected chi connectivity index (χ3v) is 2.01. The van der Waals surface area contributed by atoms with E-state index in [0.29, 0.717) is 0 Å². The van der Waals surface area contributed by atoms with Crippen molar-refractivity contribution in [2.24, 2.45) is 0 Å². The van der Waals surface area contributed by atoms with E-state index in [4.69, 9.17) is 0 Å². The molecule has 2 rings (SSSR count). The molecular formula is C10H6F2O2. The quantitative estimate of drug-likeness (QED) is 0.679. The van der Waals surface area contributed by atoms with E-state index in [2.05, 4.69) is 0 Å². The molecule has 0 heterocycles. The zero-order chi connectivity index (χ0) is 10.3. The molecule has 0 saturated carbocycles. The number of fused-ring (bicyclic) bond motifs is 1. The van der Waals surface area contributed by atoms with Gasteiger partial charge in [-0.25, -0.2) is 8.78 Å². The average molecular weight is 196 g/mol. The molecule has 0 bridgehead atoms. The number of hydrogen-bond donors (Lipinski definition) is 2. The standard InChI is InChI=1S/C10H6F2O2/c11-5-1-3-7(13)10-6(12)2-4-8(14)9(5)10/h1-4,13-14H. The Bertz CT molecular complexity index is 420. The fourth-order valence-corrected chi connectivity index (χ4v) is 1.38. The van der Waals surface area contributed by atoms with Gasteiger partial charge in [0, 0.05) is 0 Å². The van der Waals surface area contributed by atoms with Crippen LogP contribution in [-0.2, 0) is 0 Å². The minimum absolute atomic E-state index is 0.301. The van der Waals surface area contributed by atoms with Crippen molar-refractivity contribution in [2.75, 3.05) is 0 Å². The topological polar surface area (TPSA) is 40.5 Å². The Morgan fingerprint density at radius 3 is 1.43 bits per heavy atom. The van der Waals surface area contributed by atoms with E-state index in [1.165, 1.54) is 0 Å². The maximum Gasteiger partial charge on any atom is 0.135 e. The third-order valence-electron chi connectivity index (χ3n) is 2.01. The minimum atomic E-state index is -0.769. The summed E-state index contributed by atoms with van der Waals surface area (Å²) < 4.78 is 26.3. The van der Waals surface area contributed by atoms with Crippen LogP contribution in [0.4, 0.5) is 8.78 Å². The zero-order valence-electron chi connectivity index (χ0n) is 6.96. The minimum Gasteiger partial charge on any atom is -0.507 e. The van der Waals surface area contributed by atoms with Gasteiger partial charge in [-0.15, -0.1) is 0 Å². The van der Waals surface area contributed by atoms with Gasteiger partial charge in [0.25, 0.3) is 0 Å². The SMILES string of the molecule is Oc1ccc(F)c2c(O)ccc(F)c12. The van der Waals surface area contributed by atoms with Crippen LogP contribution in [-0.4, -0.2) is 10.2 Å². The highest BCUT2D eigenvalue weighted by Crippen LogP contribution is 2.34. The molecule has 0 aliphatic carbocycles. The molecule has 0 aromatic heterocycles. The Morgan fingerprint density at radius 2 is 1.07 bits per heavy atom. The lowest BCUT2D eigenvalue weighted by Gasteiger charge is -2.05. The molecule has 0 atom stereocenters. The molecule has 0 amide bonds. The zero-order valence-corrected chi connectivity index (χ0v) is 6.96. The van der Waals surface area contributed by atoms with Gasteiger partial charge < -0.3 is 10.2 Å². The first-order valence-corrected chi connectivity index (χ1v) is 3.90. The Balaban J connectivity index is 3.05. The van der Waals surface area contributed by atoms with Gasteiger partial charge in [0.1, 0.15) is 23.1 Å². The number of phenols is 2. The lowest BCUT2D eigenvalue weighted by molar-refractivity contribution is 0.467. The summed E-state index contributed by atoms with van der Waals surface area (Å²) >= 11 is 0. The summed E-state index contributed by atoms with van der Waals surface area (Å²) in [5.74, 6) is -2.32. The van der Waals surface area contributed by atoms with Crippen LogP contribution in [0.25, 0.3) is 10.8 Å². The number of phenolic OH excluding ortho intramolecular Hbond substituents is 2. The predicted molar refractivity (Wildman–Crippen MR) is 47.2 cm³/mol. The molecule has 0 unspecified atom stereocenters. The van der Waals surface area contributed by atoms with Crippen molar-refractivity contribution >= 4 is 10.8 Å². The van der Waals surface area contributed by atoms with Crippen LogP contribution in [0.2, 0.25) is 0 Å². The van der Waals surface area contributed by atoms with Crippen molar-refractivity contribution < 1.29 is 19.0 Å². The number of rotatable bonds is 0. The predicted octanol–water partition coefficient (Wildman–Crippen LogP) is 2.53. The molecule has 0 aliphatic rings. The molecule has 0 aliphatic heterocycles. The van der Waals surface area contributed by atoms with Gasteiger partial charge in [-0.05, 0) is 24.3 Å². The monoisotopic (exact) mass is 196 g/mol. The Hall–Kier alpha value is -1.84. The highest BCUT2D eigenvalue weighted by atomic mass is 19.1. The molecule has 2 nitrogen and oxygen atoms in total. The van der Waals surface area contributed by atoms with Crippen molar-refractivity contribution in [3.8, 4) is 11.5 Å². The first-order valence-electron chi connectivity index (χ1n) is 3.90. The molecule has 72 valence electrons. The first-order chi connectivity index (χ1) is 6.61. The molecule has 2 aromatic rings. The fraction of sp³-hybridized carbons (Fsp3) is 0. The average Bonchev–Trinajstić information content (AvgIpc) is 2.16. The molecule has 0 saturated heterocycles. The second kappa shape index (κ2) is 2.83. The van der Waals surface area contributed by atoms with E-state index in [1.54, 1.807) is 0 Å². The van der Waals surface area contributed by atoms with Crippen molar-refractivity contribution in [2.45, 2.75) is 0 Å². The molecule has 2 N–H and O–H groups in total. The molecule has 0 spiro atoms. The van der Waals surface area contributed by atoms with Crippen LogP contribution < -0.4 is 0 Å². The van der Waals surface area contributed by atoms with Gasteiger partial charge in [0.2, 0.25) is 0 Å². The van der Waals surface area contributed by atoms with Crippen LogP contribution in [0.3, 0.4) is 0 Å². The maximum atomic E-state index is 13.2. The normalized spacial score (nSPS) is 10.7. The van der Waals surface area contributed by atoms with Gasteiger partial charge in [-0.2, -0.15) is 0 Å². The third kappa shape index (κ3) is 1.08. The van der Waals surface area contributed by atoms with E-state index in [0.717, 1.165) is 24.3 Å². The smallest absolute Gasteiger partial charge is 0.135 e. The number of hydrogen-bond acceptors (Lipinski definition) is 2. The Kier molecular flexibility index (Phi) is 1.77. The molecule has 14 heavy (non-hydrogen) atoms. The fourth-order valence-electron chi connectivity index (χ4n) is 1.38. The van der Waals surface area contributed by atoms with Crippen molar-refractivity contribution in [1.82, 2.24) is 0 Å². The molecule has 0 fully saturated rings. The van der Waals surface area contributed by atoms with Crippen LogP contribution in [0.15, 0.2) is 24.3 Å². The van der Waals surface area contributed by atoms with Crippen LogP contribution in [0, 0.1) is 11.6 Å². The summed E-state index contributed by atoms with van der Waals surface area (Å²) in [6.45, 7) is 0. The molecule has 0 radical (unpaired) electrons. The van der Waals surface area contributed by atoms with Crippen molar-refractivity contribution in [3.05, 3.63) is 35.9 Å². The highest BCUT2D eigenvalue weighted by molar-refractivity contribution is 5.93.